The van der Waals surface area contributed by atoms with E-state index in [9.17, 15) is 0 Å². The molecule has 11 aromatic rings. The second-order valence-electron chi connectivity index (χ2n) is 14.1. The van der Waals surface area contributed by atoms with Crippen molar-refractivity contribution in [2.75, 3.05) is 4.90 Å². The summed E-state index contributed by atoms with van der Waals surface area (Å²) < 4.78 is 9.40. The highest BCUT2D eigenvalue weighted by atomic mass is 32.1. The van der Waals surface area contributed by atoms with Crippen molar-refractivity contribution in [3.05, 3.63) is 200 Å². The molecular weight excluding hydrogens is 687 g/mol. The van der Waals surface area contributed by atoms with Crippen molar-refractivity contribution in [2.45, 2.75) is 0 Å². The first-order chi connectivity index (χ1) is 27.3. The van der Waals surface area contributed by atoms with Crippen LogP contribution in [0.25, 0.3) is 86.3 Å². The first-order valence-electron chi connectivity index (χ1n) is 18.7. The Kier molecular flexibility index (Phi) is 7.39. The number of anilines is 3. The van der Waals surface area contributed by atoms with Gasteiger partial charge >= 0.3 is 0 Å². The van der Waals surface area contributed by atoms with Gasteiger partial charge in [0.1, 0.15) is 11.2 Å². The van der Waals surface area contributed by atoms with Crippen LogP contribution in [0, 0.1) is 0 Å². The van der Waals surface area contributed by atoms with Gasteiger partial charge in [0.15, 0.2) is 0 Å². The standard InChI is InChI=1S/C52H33NOS/c1-3-12-34(13-4-1)35-22-27-39(28-23-35)53(40-29-24-38(25-30-40)43-19-11-20-45-44-18-9-10-21-49(44)55-52(43)45)41-32-46(36-14-5-2-6-15-36)51-47(33-41)50-42-17-8-7-16-37(42)26-31-48(50)54-51/h1-33H. The molecule has 3 heteroatoms. The maximum absolute atomic E-state index is 6.76. The Morgan fingerprint density at radius 3 is 1.75 bits per heavy atom. The van der Waals surface area contributed by atoms with E-state index in [1.807, 2.05) is 11.3 Å². The van der Waals surface area contributed by atoms with E-state index in [0.29, 0.717) is 0 Å². The summed E-state index contributed by atoms with van der Waals surface area (Å²) in [5, 5.41) is 7.25. The summed E-state index contributed by atoms with van der Waals surface area (Å²) in [5.41, 5.74) is 12.0. The lowest BCUT2D eigenvalue weighted by Crippen LogP contribution is -2.10. The molecule has 0 amide bonds. The van der Waals surface area contributed by atoms with Gasteiger partial charge in [-0.1, -0.05) is 152 Å². The minimum Gasteiger partial charge on any atom is -0.455 e. The van der Waals surface area contributed by atoms with Crippen LogP contribution in [0.5, 0.6) is 0 Å². The van der Waals surface area contributed by atoms with Gasteiger partial charge in [-0.05, 0) is 87.1 Å². The molecule has 0 bridgehead atoms. The molecule has 2 heterocycles. The highest BCUT2D eigenvalue weighted by Gasteiger charge is 2.21. The lowest BCUT2D eigenvalue weighted by Gasteiger charge is -2.27. The molecule has 0 N–H and O–H groups in total. The number of furan rings is 1. The van der Waals surface area contributed by atoms with Gasteiger partial charge in [0.25, 0.3) is 0 Å². The summed E-state index contributed by atoms with van der Waals surface area (Å²) in [6.07, 6.45) is 0. The molecule has 55 heavy (non-hydrogen) atoms. The summed E-state index contributed by atoms with van der Waals surface area (Å²) in [6.45, 7) is 0. The Labute approximate surface area is 322 Å². The van der Waals surface area contributed by atoms with Gasteiger partial charge in [-0.3, -0.25) is 0 Å². The molecule has 0 fully saturated rings. The number of hydrogen-bond acceptors (Lipinski definition) is 3. The Morgan fingerprint density at radius 1 is 0.382 bits per heavy atom. The zero-order chi connectivity index (χ0) is 36.3. The highest BCUT2D eigenvalue weighted by Crippen LogP contribution is 2.46. The molecule has 2 nitrogen and oxygen atoms in total. The van der Waals surface area contributed by atoms with Gasteiger partial charge in [-0.15, -0.1) is 11.3 Å². The summed E-state index contributed by atoms with van der Waals surface area (Å²) >= 11 is 1.87. The predicted octanol–water partition coefficient (Wildman–Crippen LogP) is 15.6. The van der Waals surface area contributed by atoms with E-state index in [0.717, 1.165) is 50.1 Å². The van der Waals surface area contributed by atoms with E-state index in [1.165, 1.54) is 53.2 Å². The summed E-state index contributed by atoms with van der Waals surface area (Å²) in [7, 11) is 0. The SMILES string of the molecule is c1ccc(-c2ccc(N(c3ccc(-c4cccc5c4sc4ccccc45)cc3)c3cc(-c4ccccc4)c4oc5ccc6ccccc6c5c4c3)cc2)cc1. The molecule has 0 unspecified atom stereocenters. The smallest absolute Gasteiger partial charge is 0.143 e. The fourth-order valence-corrected chi connectivity index (χ4v) is 9.48. The average molecular weight is 720 g/mol. The van der Waals surface area contributed by atoms with E-state index in [2.05, 4.69) is 205 Å². The monoisotopic (exact) mass is 719 g/mol. The number of benzene rings is 9. The van der Waals surface area contributed by atoms with Crippen molar-refractivity contribution in [2.24, 2.45) is 0 Å². The minimum absolute atomic E-state index is 0.890. The van der Waals surface area contributed by atoms with E-state index >= 15 is 0 Å². The van der Waals surface area contributed by atoms with Crippen molar-refractivity contribution in [3.8, 4) is 33.4 Å². The largest absolute Gasteiger partial charge is 0.455 e. The molecule has 2 aromatic heterocycles. The topological polar surface area (TPSA) is 16.4 Å². The second kappa shape index (κ2) is 12.9. The molecule has 0 atom stereocenters. The van der Waals surface area contributed by atoms with Crippen molar-refractivity contribution in [3.63, 3.8) is 0 Å². The van der Waals surface area contributed by atoms with E-state index in [4.69, 9.17) is 4.42 Å². The van der Waals surface area contributed by atoms with Gasteiger partial charge < -0.3 is 9.32 Å². The van der Waals surface area contributed by atoms with E-state index in [1.54, 1.807) is 0 Å². The minimum atomic E-state index is 0.890. The molecule has 258 valence electrons. The second-order valence-corrected chi connectivity index (χ2v) is 15.1. The number of hydrogen-bond donors (Lipinski definition) is 0. The van der Waals surface area contributed by atoms with Gasteiger partial charge in [-0.25, -0.2) is 0 Å². The van der Waals surface area contributed by atoms with E-state index < -0.39 is 0 Å². The van der Waals surface area contributed by atoms with Gasteiger partial charge in [0, 0.05) is 53.6 Å². The van der Waals surface area contributed by atoms with Crippen LogP contribution in [0.15, 0.2) is 205 Å². The molecule has 0 aliphatic heterocycles. The number of thiophene rings is 1. The number of fused-ring (bicyclic) bond motifs is 8. The zero-order valence-corrected chi connectivity index (χ0v) is 30.6. The first-order valence-corrected chi connectivity index (χ1v) is 19.5. The molecule has 9 aromatic carbocycles. The van der Waals surface area contributed by atoms with Crippen LogP contribution < -0.4 is 4.90 Å². The number of rotatable bonds is 6. The van der Waals surface area contributed by atoms with Gasteiger partial charge in [0.05, 0.1) is 0 Å². The predicted molar refractivity (Wildman–Crippen MR) is 235 cm³/mol. The third kappa shape index (κ3) is 5.32. The lowest BCUT2D eigenvalue weighted by atomic mass is 9.98. The molecule has 0 aliphatic carbocycles. The van der Waals surface area contributed by atoms with Crippen molar-refractivity contribution in [1.82, 2.24) is 0 Å². The summed E-state index contributed by atoms with van der Waals surface area (Å²) in [5.74, 6) is 0. The van der Waals surface area contributed by atoms with Crippen LogP contribution in [0.4, 0.5) is 17.1 Å². The van der Waals surface area contributed by atoms with Crippen LogP contribution in [0.1, 0.15) is 0 Å². The van der Waals surface area contributed by atoms with E-state index in [-0.39, 0.29) is 0 Å². The highest BCUT2D eigenvalue weighted by molar-refractivity contribution is 7.26. The summed E-state index contributed by atoms with van der Waals surface area (Å²) in [6, 6.07) is 72.1. The van der Waals surface area contributed by atoms with Gasteiger partial charge in [0.2, 0.25) is 0 Å². The molecule has 0 radical (unpaired) electrons. The average Bonchev–Trinajstić information content (AvgIpc) is 3.84. The van der Waals surface area contributed by atoms with Crippen molar-refractivity contribution < 1.29 is 4.42 Å². The third-order valence-corrected chi connectivity index (χ3v) is 12.1. The van der Waals surface area contributed by atoms with Crippen LogP contribution in [0.3, 0.4) is 0 Å². The molecule has 0 aliphatic rings. The third-order valence-electron chi connectivity index (χ3n) is 10.9. The lowest BCUT2D eigenvalue weighted by molar-refractivity contribution is 0.670. The normalized spacial score (nSPS) is 11.6. The Morgan fingerprint density at radius 2 is 0.982 bits per heavy atom. The molecular formula is C52H33NOS. The van der Waals surface area contributed by atoms with Crippen LogP contribution in [-0.4, -0.2) is 0 Å². The zero-order valence-electron chi connectivity index (χ0n) is 29.8. The molecule has 11 rings (SSSR count). The fourth-order valence-electron chi connectivity index (χ4n) is 8.24. The molecule has 0 saturated heterocycles. The summed E-state index contributed by atoms with van der Waals surface area (Å²) in [4.78, 5) is 2.38. The molecule has 0 spiro atoms. The Balaban J connectivity index is 1.13. The quantitative estimate of drug-likeness (QED) is 0.170. The Bertz CT molecular complexity index is 3180. The molecule has 0 saturated carbocycles. The maximum Gasteiger partial charge on any atom is 0.143 e. The number of nitrogens with zero attached hydrogens (tertiary/aromatic N) is 1. The first kappa shape index (κ1) is 31.6. The Hall–Kier alpha value is -6.94. The van der Waals surface area contributed by atoms with Crippen LogP contribution >= 0.6 is 11.3 Å². The van der Waals surface area contributed by atoms with Crippen molar-refractivity contribution in [1.29, 1.82) is 0 Å². The fraction of sp³-hybridized carbons (Fsp3) is 0. The maximum atomic E-state index is 6.76. The van der Waals surface area contributed by atoms with Crippen molar-refractivity contribution >= 4 is 81.3 Å². The van der Waals surface area contributed by atoms with Crippen LogP contribution in [-0.2, 0) is 0 Å². The van der Waals surface area contributed by atoms with Gasteiger partial charge in [-0.2, -0.15) is 0 Å². The van der Waals surface area contributed by atoms with Crippen LogP contribution in [0.2, 0.25) is 0 Å².